The van der Waals surface area contributed by atoms with Crippen LogP contribution in [0.3, 0.4) is 0 Å². The summed E-state index contributed by atoms with van der Waals surface area (Å²) in [7, 11) is 0. The molecule has 6 heteroatoms. The second-order valence-electron chi connectivity index (χ2n) is 5.82. The van der Waals surface area contributed by atoms with E-state index in [0.29, 0.717) is 17.1 Å². The molecular weight excluding hydrogens is 360 g/mol. The molecule has 1 aliphatic heterocycles. The number of esters is 1. The molecule has 0 aromatic heterocycles. The number of anilines is 1. The molecule has 0 saturated carbocycles. The first-order valence-corrected chi connectivity index (χ1v) is 9.44. The summed E-state index contributed by atoms with van der Waals surface area (Å²) in [6.07, 6.45) is 0.513. The minimum atomic E-state index is -0.711. The molecule has 0 spiro atoms. The van der Waals surface area contributed by atoms with Crippen molar-refractivity contribution >= 4 is 29.3 Å². The van der Waals surface area contributed by atoms with Crippen LogP contribution in [0.5, 0.6) is 0 Å². The molecule has 1 heterocycles. The smallest absolute Gasteiger partial charge is 0.351 e. The molecule has 2 aromatic carbocycles. The maximum absolute atomic E-state index is 13.1. The third-order valence-corrected chi connectivity index (χ3v) is 5.30. The van der Waals surface area contributed by atoms with Gasteiger partial charge < -0.3 is 4.74 Å². The minimum Gasteiger partial charge on any atom is -0.462 e. The molecule has 0 N–H and O–H groups in total. The SMILES string of the molecule is CCOC(=O)/C(C#N)=C1/SC(Cc2ccccc2)C(=O)N1c1ccccc1. The normalized spacial score (nSPS) is 18.1. The van der Waals surface area contributed by atoms with Crippen molar-refractivity contribution < 1.29 is 14.3 Å². The number of hydrogen-bond acceptors (Lipinski definition) is 5. The van der Waals surface area contributed by atoms with Gasteiger partial charge in [0.2, 0.25) is 5.91 Å². The summed E-state index contributed by atoms with van der Waals surface area (Å²) in [5, 5.41) is 9.46. The van der Waals surface area contributed by atoms with Crippen LogP contribution in [0.1, 0.15) is 12.5 Å². The number of rotatable bonds is 5. The molecule has 1 fully saturated rings. The number of thioether (sulfide) groups is 1. The van der Waals surface area contributed by atoms with E-state index in [2.05, 4.69) is 0 Å². The highest BCUT2D eigenvalue weighted by atomic mass is 32.2. The molecule has 3 rings (SSSR count). The summed E-state index contributed by atoms with van der Waals surface area (Å²) in [5.41, 5.74) is 1.50. The Hall–Kier alpha value is -3.04. The Labute approximate surface area is 162 Å². The predicted molar refractivity (Wildman–Crippen MR) is 105 cm³/mol. The fourth-order valence-electron chi connectivity index (χ4n) is 2.82. The Balaban J connectivity index is 2.02. The van der Waals surface area contributed by atoms with E-state index in [1.165, 1.54) is 16.7 Å². The zero-order valence-corrected chi connectivity index (χ0v) is 15.6. The van der Waals surface area contributed by atoms with Crippen LogP contribution in [-0.4, -0.2) is 23.7 Å². The predicted octanol–water partition coefficient (Wildman–Crippen LogP) is 3.68. The number of ether oxygens (including phenoxy) is 1. The summed E-state index contributed by atoms with van der Waals surface area (Å²) in [4.78, 5) is 26.8. The Bertz CT molecular complexity index is 904. The van der Waals surface area contributed by atoms with Crippen LogP contribution in [-0.2, 0) is 20.7 Å². The maximum Gasteiger partial charge on any atom is 0.351 e. The van der Waals surface area contributed by atoms with E-state index in [-0.39, 0.29) is 18.1 Å². The van der Waals surface area contributed by atoms with Crippen molar-refractivity contribution in [2.75, 3.05) is 11.5 Å². The van der Waals surface area contributed by atoms with Crippen molar-refractivity contribution in [1.82, 2.24) is 0 Å². The third-order valence-electron chi connectivity index (χ3n) is 4.04. The number of para-hydroxylation sites is 1. The molecule has 1 saturated heterocycles. The number of hydrogen-bond donors (Lipinski definition) is 0. The van der Waals surface area contributed by atoms with Crippen molar-refractivity contribution in [3.63, 3.8) is 0 Å². The molecule has 1 unspecified atom stereocenters. The Morgan fingerprint density at radius 3 is 2.37 bits per heavy atom. The standard InChI is InChI=1S/C21H18N2O3S/c1-2-26-21(25)17(14-22)20-23(16-11-7-4-8-12-16)19(24)18(27-20)13-15-9-5-3-6-10-15/h3-12,18H,2,13H2,1H3/b20-17+. The lowest BCUT2D eigenvalue weighted by Crippen LogP contribution is -2.30. The van der Waals surface area contributed by atoms with E-state index in [9.17, 15) is 14.9 Å². The first-order valence-electron chi connectivity index (χ1n) is 8.56. The van der Waals surface area contributed by atoms with Crippen molar-refractivity contribution in [2.24, 2.45) is 0 Å². The summed E-state index contributed by atoms with van der Waals surface area (Å²) in [6, 6.07) is 20.6. The number of nitriles is 1. The number of nitrogens with zero attached hydrogens (tertiary/aromatic N) is 2. The molecule has 1 aliphatic rings. The number of amides is 1. The van der Waals surface area contributed by atoms with Crippen molar-refractivity contribution in [3.8, 4) is 6.07 Å². The summed E-state index contributed by atoms with van der Waals surface area (Å²) in [6.45, 7) is 1.84. The van der Waals surface area contributed by atoms with Gasteiger partial charge in [-0.3, -0.25) is 9.69 Å². The highest BCUT2D eigenvalue weighted by Gasteiger charge is 2.41. The highest BCUT2D eigenvalue weighted by Crippen LogP contribution is 2.41. The maximum atomic E-state index is 13.1. The van der Waals surface area contributed by atoms with E-state index in [4.69, 9.17) is 4.74 Å². The van der Waals surface area contributed by atoms with Gasteiger partial charge in [0.15, 0.2) is 5.57 Å². The van der Waals surface area contributed by atoms with Gasteiger partial charge in [0.25, 0.3) is 0 Å². The Morgan fingerprint density at radius 2 is 1.78 bits per heavy atom. The monoisotopic (exact) mass is 378 g/mol. The van der Waals surface area contributed by atoms with Gasteiger partial charge in [0.05, 0.1) is 11.9 Å². The van der Waals surface area contributed by atoms with Crippen LogP contribution in [0.2, 0.25) is 0 Å². The number of carbonyl (C=O) groups is 2. The van der Waals surface area contributed by atoms with Crippen LogP contribution >= 0.6 is 11.8 Å². The molecule has 0 radical (unpaired) electrons. The van der Waals surface area contributed by atoms with Gasteiger partial charge in [0, 0.05) is 5.69 Å². The van der Waals surface area contributed by atoms with E-state index >= 15 is 0 Å². The van der Waals surface area contributed by atoms with Gasteiger partial charge in [-0.1, -0.05) is 60.3 Å². The van der Waals surface area contributed by atoms with E-state index in [1.54, 1.807) is 19.1 Å². The molecule has 136 valence electrons. The average Bonchev–Trinajstić information content (AvgIpc) is 3.00. The van der Waals surface area contributed by atoms with Gasteiger partial charge >= 0.3 is 5.97 Å². The van der Waals surface area contributed by atoms with Crippen LogP contribution in [0.4, 0.5) is 5.69 Å². The lowest BCUT2D eigenvalue weighted by molar-refractivity contribution is -0.138. The Morgan fingerprint density at radius 1 is 1.15 bits per heavy atom. The van der Waals surface area contributed by atoms with Gasteiger partial charge in [-0.15, -0.1) is 0 Å². The molecule has 27 heavy (non-hydrogen) atoms. The first kappa shape index (κ1) is 18.7. The zero-order chi connectivity index (χ0) is 19.2. The summed E-state index contributed by atoms with van der Waals surface area (Å²) >= 11 is 1.24. The minimum absolute atomic E-state index is 0.144. The van der Waals surface area contributed by atoms with Crippen LogP contribution in [0.15, 0.2) is 71.3 Å². The molecule has 1 atom stereocenters. The van der Waals surface area contributed by atoms with Crippen molar-refractivity contribution in [1.29, 1.82) is 5.26 Å². The van der Waals surface area contributed by atoms with E-state index in [0.717, 1.165) is 5.56 Å². The van der Waals surface area contributed by atoms with E-state index < -0.39 is 11.2 Å². The quantitative estimate of drug-likeness (QED) is 0.451. The largest absolute Gasteiger partial charge is 0.462 e. The topological polar surface area (TPSA) is 70.4 Å². The van der Waals surface area contributed by atoms with Gasteiger partial charge in [-0.25, -0.2) is 4.79 Å². The zero-order valence-electron chi connectivity index (χ0n) is 14.8. The number of carbonyl (C=O) groups excluding carboxylic acids is 2. The average molecular weight is 378 g/mol. The number of benzene rings is 2. The second kappa shape index (κ2) is 8.56. The summed E-state index contributed by atoms with van der Waals surface area (Å²) in [5.74, 6) is -0.862. The molecular formula is C21H18N2O3S. The van der Waals surface area contributed by atoms with Crippen molar-refractivity contribution in [2.45, 2.75) is 18.6 Å². The lowest BCUT2D eigenvalue weighted by atomic mass is 10.1. The molecule has 0 aliphatic carbocycles. The summed E-state index contributed by atoms with van der Waals surface area (Å²) < 4.78 is 5.01. The molecule has 0 bridgehead atoms. The molecule has 5 nitrogen and oxygen atoms in total. The second-order valence-corrected chi connectivity index (χ2v) is 7.01. The molecule has 2 aromatic rings. The van der Waals surface area contributed by atoms with Gasteiger partial charge in [-0.2, -0.15) is 5.26 Å². The van der Waals surface area contributed by atoms with E-state index in [1.807, 2.05) is 54.6 Å². The highest BCUT2D eigenvalue weighted by molar-refractivity contribution is 8.05. The lowest BCUT2D eigenvalue weighted by Gasteiger charge is -2.18. The first-order chi connectivity index (χ1) is 13.2. The van der Waals surface area contributed by atoms with Crippen LogP contribution < -0.4 is 4.90 Å². The van der Waals surface area contributed by atoms with Gasteiger partial charge in [-0.05, 0) is 31.0 Å². The van der Waals surface area contributed by atoms with Crippen LogP contribution in [0.25, 0.3) is 0 Å². The van der Waals surface area contributed by atoms with Gasteiger partial charge in [0.1, 0.15) is 11.1 Å². The molecule has 1 amide bonds. The van der Waals surface area contributed by atoms with Crippen LogP contribution in [0, 0.1) is 11.3 Å². The Kier molecular flexibility index (Phi) is 5.94. The van der Waals surface area contributed by atoms with Crippen molar-refractivity contribution in [3.05, 3.63) is 76.8 Å². The fraction of sp³-hybridized carbons (Fsp3) is 0.190. The fourth-order valence-corrected chi connectivity index (χ4v) is 4.11. The third kappa shape index (κ3) is 4.04.